The van der Waals surface area contributed by atoms with Gasteiger partial charge in [-0.2, -0.15) is 0 Å². The summed E-state index contributed by atoms with van der Waals surface area (Å²) in [6.07, 6.45) is -0.806. The quantitative estimate of drug-likeness (QED) is 0.141. The fraction of sp³-hybridized carbons (Fsp3) is 0.200. The van der Waals surface area contributed by atoms with Crippen molar-refractivity contribution in [1.82, 2.24) is 0 Å². The molecular weight excluding hydrogens is 254 g/mol. The van der Waals surface area contributed by atoms with E-state index in [1.165, 1.54) is 0 Å². The molecule has 0 fully saturated rings. The van der Waals surface area contributed by atoms with Crippen LogP contribution in [0.15, 0.2) is 0 Å². The number of hydrogen-bond donors (Lipinski definition) is 7. The molecular formula is C5H10BLiO11. The zero-order valence-corrected chi connectivity index (χ0v) is 9.05. The van der Waals surface area contributed by atoms with Gasteiger partial charge >= 0.3 is 50.1 Å². The first-order valence-electron chi connectivity index (χ1n) is 3.44. The van der Waals surface area contributed by atoms with Gasteiger partial charge in [-0.3, -0.25) is 9.59 Å². The number of carbonyl (C=O) groups is 4. The summed E-state index contributed by atoms with van der Waals surface area (Å²) in [6, 6.07) is 0. The Morgan fingerprint density at radius 1 is 0.778 bits per heavy atom. The van der Waals surface area contributed by atoms with E-state index in [1.807, 2.05) is 0 Å². The van der Waals surface area contributed by atoms with Crippen LogP contribution in [-0.2, 0) is 19.2 Å². The molecule has 7 N–H and O–H groups in total. The van der Waals surface area contributed by atoms with Gasteiger partial charge in [0.2, 0.25) is 0 Å². The van der Waals surface area contributed by atoms with Gasteiger partial charge in [-0.15, -0.1) is 0 Å². The van der Waals surface area contributed by atoms with Crippen LogP contribution in [-0.4, -0.2) is 66.7 Å². The van der Waals surface area contributed by atoms with Crippen molar-refractivity contribution in [1.29, 1.82) is 0 Å². The molecule has 0 aromatic carbocycles. The number of rotatable bonds is 2. The predicted molar refractivity (Wildman–Crippen MR) is 48.7 cm³/mol. The van der Waals surface area contributed by atoms with Crippen molar-refractivity contribution in [2.45, 2.75) is 6.42 Å². The normalized spacial score (nSPS) is 7.06. The minimum absolute atomic E-state index is 0. The van der Waals surface area contributed by atoms with E-state index in [2.05, 4.69) is 0 Å². The first kappa shape index (κ1) is 25.3. The molecule has 0 atom stereocenters. The standard InChI is InChI=1S/C3H4O4.C2H2O4.BH3O3.Li.H/c4-2(5)1-3(6)7;3-1(4)2(5)6;2-1(3)4;;/h1H2,(H,4,5)(H,6,7);(H,3,4)(H,5,6);2-4H;;/q;;;+1;-1. The van der Waals surface area contributed by atoms with Gasteiger partial charge < -0.3 is 36.9 Å². The van der Waals surface area contributed by atoms with Crippen LogP contribution in [0.4, 0.5) is 0 Å². The molecule has 0 aliphatic heterocycles. The van der Waals surface area contributed by atoms with Crippen LogP contribution >= 0.6 is 0 Å². The van der Waals surface area contributed by atoms with Crippen molar-refractivity contribution in [2.75, 3.05) is 0 Å². The molecule has 0 aromatic heterocycles. The predicted octanol–water partition coefficient (Wildman–Crippen LogP) is -6.23. The Balaban J connectivity index is -0.0000000506. The van der Waals surface area contributed by atoms with Gasteiger partial charge in [0.05, 0.1) is 0 Å². The van der Waals surface area contributed by atoms with E-state index < -0.39 is 37.6 Å². The molecule has 18 heavy (non-hydrogen) atoms. The molecule has 0 aliphatic rings. The van der Waals surface area contributed by atoms with E-state index in [0.717, 1.165) is 0 Å². The van der Waals surface area contributed by atoms with Crippen molar-refractivity contribution >= 4 is 31.2 Å². The van der Waals surface area contributed by atoms with Gasteiger partial charge in [0.25, 0.3) is 0 Å². The van der Waals surface area contributed by atoms with Crippen molar-refractivity contribution in [2.24, 2.45) is 0 Å². The van der Waals surface area contributed by atoms with Gasteiger partial charge in [-0.25, -0.2) is 9.59 Å². The van der Waals surface area contributed by atoms with Gasteiger partial charge in [0, 0.05) is 0 Å². The number of hydrogen-bond acceptors (Lipinski definition) is 7. The third kappa shape index (κ3) is 63.0. The Bertz CT molecular complexity index is 256. The molecule has 0 saturated carbocycles. The Kier molecular flexibility index (Phi) is 21.7. The van der Waals surface area contributed by atoms with Crippen LogP contribution < -0.4 is 18.9 Å². The Morgan fingerprint density at radius 2 is 0.944 bits per heavy atom. The fourth-order valence-electron chi connectivity index (χ4n) is 0.129. The Labute approximate surface area is 113 Å². The molecule has 13 heteroatoms. The fourth-order valence-corrected chi connectivity index (χ4v) is 0.129. The average molecular weight is 264 g/mol. The number of aliphatic carboxylic acids is 4. The maximum Gasteiger partial charge on any atom is 1.00 e. The van der Waals surface area contributed by atoms with Crippen LogP contribution in [0.2, 0.25) is 0 Å². The van der Waals surface area contributed by atoms with Crippen molar-refractivity contribution in [3.05, 3.63) is 0 Å². The molecule has 0 amide bonds. The van der Waals surface area contributed by atoms with E-state index in [-0.39, 0.29) is 20.3 Å². The first-order valence-corrected chi connectivity index (χ1v) is 3.44. The van der Waals surface area contributed by atoms with Crippen molar-refractivity contribution in [3.63, 3.8) is 0 Å². The summed E-state index contributed by atoms with van der Waals surface area (Å²) in [5.74, 6) is -6.27. The number of carboxylic acids is 4. The molecule has 0 spiro atoms. The molecule has 0 unspecified atom stereocenters. The van der Waals surface area contributed by atoms with Gasteiger partial charge in [0.1, 0.15) is 6.42 Å². The summed E-state index contributed by atoms with van der Waals surface area (Å²) in [7, 11) is -2.17. The second kappa shape index (κ2) is 15.4. The minimum Gasteiger partial charge on any atom is -1.00 e. The van der Waals surface area contributed by atoms with Crippen LogP contribution in [0, 0.1) is 0 Å². The van der Waals surface area contributed by atoms with Gasteiger partial charge in [-0.05, 0) is 0 Å². The second-order valence-electron chi connectivity index (χ2n) is 1.92. The summed E-state index contributed by atoms with van der Waals surface area (Å²) in [4.78, 5) is 37.1. The third-order valence-corrected chi connectivity index (χ3v) is 0.485. The smallest absolute Gasteiger partial charge is 1.00 e. The number of carboxylic acid groups (broad SMARTS) is 4. The Morgan fingerprint density at radius 3 is 0.944 bits per heavy atom. The zero-order valence-electron chi connectivity index (χ0n) is 10.0. The largest absolute Gasteiger partial charge is 1.00 e. The molecule has 0 radical (unpaired) electrons. The van der Waals surface area contributed by atoms with Crippen molar-refractivity contribution in [3.8, 4) is 0 Å². The molecule has 11 nitrogen and oxygen atoms in total. The summed E-state index contributed by atoms with van der Waals surface area (Å²) in [5, 5.41) is 51.7. The SMILES string of the molecule is O=C(O)C(=O)O.O=C(O)CC(=O)O.OB(O)O.[H-].[Li+]. The van der Waals surface area contributed by atoms with Gasteiger partial charge in [0.15, 0.2) is 0 Å². The molecule has 0 aromatic rings. The maximum absolute atomic E-state index is 9.43. The Hall–Kier alpha value is -1.58. The summed E-state index contributed by atoms with van der Waals surface area (Å²) in [5.41, 5.74) is 0. The molecule has 0 bridgehead atoms. The van der Waals surface area contributed by atoms with E-state index >= 15 is 0 Å². The van der Waals surface area contributed by atoms with Crippen LogP contribution in [0.5, 0.6) is 0 Å². The van der Waals surface area contributed by atoms with Crippen molar-refractivity contribution < 1.29 is 75.0 Å². The zero-order chi connectivity index (χ0) is 14.6. The summed E-state index contributed by atoms with van der Waals surface area (Å²) >= 11 is 0. The van der Waals surface area contributed by atoms with E-state index in [9.17, 15) is 9.59 Å². The third-order valence-electron chi connectivity index (χ3n) is 0.485. The topological polar surface area (TPSA) is 210 Å². The minimum atomic E-state index is -2.17. The molecule has 0 saturated heterocycles. The summed E-state index contributed by atoms with van der Waals surface area (Å²) in [6.45, 7) is 0. The second-order valence-corrected chi connectivity index (χ2v) is 1.92. The van der Waals surface area contributed by atoms with Crippen LogP contribution in [0.25, 0.3) is 0 Å². The van der Waals surface area contributed by atoms with Crippen LogP contribution in [0.1, 0.15) is 7.85 Å². The van der Waals surface area contributed by atoms with E-state index in [4.69, 9.17) is 45.1 Å². The molecule has 0 heterocycles. The first-order chi connectivity index (χ1) is 7.50. The van der Waals surface area contributed by atoms with E-state index in [0.29, 0.717) is 0 Å². The molecule has 0 rings (SSSR count). The van der Waals surface area contributed by atoms with E-state index in [1.54, 1.807) is 0 Å². The maximum atomic E-state index is 9.43. The molecule has 0 aliphatic carbocycles. The summed E-state index contributed by atoms with van der Waals surface area (Å²) < 4.78 is 0. The average Bonchev–Trinajstić information content (AvgIpc) is 2.00. The molecule has 100 valence electrons. The van der Waals surface area contributed by atoms with Gasteiger partial charge in [-0.1, -0.05) is 0 Å². The monoisotopic (exact) mass is 264 g/mol. The van der Waals surface area contributed by atoms with Crippen LogP contribution in [0.3, 0.4) is 0 Å².